The minimum atomic E-state index is -0.836. The van der Waals surface area contributed by atoms with Crippen molar-refractivity contribution >= 4 is 34.1 Å². The van der Waals surface area contributed by atoms with Gasteiger partial charge in [0.1, 0.15) is 22.8 Å². The first kappa shape index (κ1) is 19.2. The smallest absolute Gasteiger partial charge is 0.259 e. The summed E-state index contributed by atoms with van der Waals surface area (Å²) in [5.41, 5.74) is 0.392. The number of hydrogen-bond acceptors (Lipinski definition) is 4. The molecule has 4 aromatic rings. The van der Waals surface area contributed by atoms with Gasteiger partial charge in [0.05, 0.1) is 23.6 Å². The molecule has 2 heterocycles. The molecular formula is C20H15F2N5O3. The fraction of sp³-hybridized carbons (Fsp3) is 0.100. The number of H-pyrrole nitrogens is 1. The summed E-state index contributed by atoms with van der Waals surface area (Å²) in [5.74, 6) is -2.88. The molecule has 30 heavy (non-hydrogen) atoms. The fourth-order valence-electron chi connectivity index (χ4n) is 3.15. The lowest BCUT2D eigenvalue weighted by Gasteiger charge is -2.16. The van der Waals surface area contributed by atoms with Crippen LogP contribution >= 0.6 is 0 Å². The van der Waals surface area contributed by atoms with Crippen LogP contribution in [0.25, 0.3) is 16.6 Å². The first-order valence-corrected chi connectivity index (χ1v) is 8.83. The third kappa shape index (κ3) is 3.50. The van der Waals surface area contributed by atoms with E-state index in [1.54, 1.807) is 24.3 Å². The van der Waals surface area contributed by atoms with Gasteiger partial charge in [0, 0.05) is 18.8 Å². The lowest BCUT2D eigenvalue weighted by Crippen LogP contribution is -2.35. The van der Waals surface area contributed by atoms with E-state index in [9.17, 15) is 23.2 Å². The normalized spacial score (nSPS) is 11.0. The van der Waals surface area contributed by atoms with E-state index < -0.39 is 23.4 Å². The van der Waals surface area contributed by atoms with Crippen molar-refractivity contribution in [1.82, 2.24) is 19.5 Å². The number of rotatable bonds is 4. The molecule has 0 saturated carbocycles. The van der Waals surface area contributed by atoms with Crippen LogP contribution in [0.4, 0.5) is 14.5 Å². The van der Waals surface area contributed by atoms with E-state index in [0.717, 1.165) is 17.0 Å². The summed E-state index contributed by atoms with van der Waals surface area (Å²) >= 11 is 0. The maximum absolute atomic E-state index is 13.3. The van der Waals surface area contributed by atoms with Gasteiger partial charge in [-0.1, -0.05) is 12.1 Å². The Hall–Kier alpha value is -4.08. The predicted molar refractivity (Wildman–Crippen MR) is 105 cm³/mol. The van der Waals surface area contributed by atoms with E-state index in [4.69, 9.17) is 0 Å². The molecule has 0 atom stereocenters. The number of halogens is 2. The number of aromatic amines is 1. The van der Waals surface area contributed by atoms with Crippen LogP contribution in [-0.4, -0.2) is 44.9 Å². The molecule has 4 rings (SSSR count). The SMILES string of the molecule is CN(CC(=O)Nc1cc(F)cc(F)c1)C(=O)c1cnn2c1[nH]c(=O)c1ccccc12. The highest BCUT2D eigenvalue weighted by atomic mass is 19.1. The molecule has 0 saturated heterocycles. The molecule has 8 nitrogen and oxygen atoms in total. The number of anilines is 1. The number of aromatic nitrogens is 3. The Labute approximate surface area is 167 Å². The molecule has 152 valence electrons. The van der Waals surface area contributed by atoms with Crippen LogP contribution in [0.15, 0.2) is 53.5 Å². The summed E-state index contributed by atoms with van der Waals surface area (Å²) in [6.07, 6.45) is 1.30. The Kier molecular flexibility index (Phi) is 4.74. The van der Waals surface area contributed by atoms with Gasteiger partial charge in [-0.3, -0.25) is 14.4 Å². The maximum Gasteiger partial charge on any atom is 0.259 e. The summed E-state index contributed by atoms with van der Waals surface area (Å²) in [5, 5.41) is 6.93. The largest absolute Gasteiger partial charge is 0.332 e. The van der Waals surface area contributed by atoms with Crippen molar-refractivity contribution in [2.24, 2.45) is 0 Å². The van der Waals surface area contributed by atoms with Crippen molar-refractivity contribution in [2.75, 3.05) is 18.9 Å². The van der Waals surface area contributed by atoms with Gasteiger partial charge in [-0.15, -0.1) is 0 Å². The molecular weight excluding hydrogens is 396 g/mol. The second-order valence-corrected chi connectivity index (χ2v) is 6.66. The van der Waals surface area contributed by atoms with E-state index in [0.29, 0.717) is 17.0 Å². The minimum Gasteiger partial charge on any atom is -0.332 e. The number of likely N-dealkylation sites (N-methyl/N-ethyl adjacent to an activating group) is 1. The molecule has 2 amide bonds. The van der Waals surface area contributed by atoms with Gasteiger partial charge in [-0.25, -0.2) is 13.3 Å². The quantitative estimate of drug-likeness (QED) is 0.538. The number of carbonyl (C=O) groups is 2. The molecule has 2 N–H and O–H groups in total. The molecule has 0 bridgehead atoms. The van der Waals surface area contributed by atoms with Crippen LogP contribution in [0, 0.1) is 11.6 Å². The minimum absolute atomic E-state index is 0.0647. The Balaban J connectivity index is 1.57. The molecule has 0 radical (unpaired) electrons. The number of hydrogen-bond donors (Lipinski definition) is 2. The molecule has 2 aromatic carbocycles. The lowest BCUT2D eigenvalue weighted by atomic mass is 10.2. The lowest BCUT2D eigenvalue weighted by molar-refractivity contribution is -0.116. The molecule has 2 aromatic heterocycles. The van der Waals surface area contributed by atoms with Crippen molar-refractivity contribution in [2.45, 2.75) is 0 Å². The number of carbonyl (C=O) groups excluding carboxylic acids is 2. The zero-order valence-corrected chi connectivity index (χ0v) is 15.6. The van der Waals surface area contributed by atoms with E-state index in [1.807, 2.05) is 0 Å². The van der Waals surface area contributed by atoms with Crippen molar-refractivity contribution in [3.05, 3.63) is 76.2 Å². The Bertz CT molecular complexity index is 1340. The molecule has 0 aliphatic rings. The number of nitrogens with zero attached hydrogens (tertiary/aromatic N) is 3. The fourth-order valence-corrected chi connectivity index (χ4v) is 3.15. The first-order chi connectivity index (χ1) is 14.3. The standard InChI is InChI=1S/C20H15F2N5O3/c1-26(10-17(28)24-13-7-11(21)6-12(22)8-13)20(30)15-9-23-27-16-5-3-2-4-14(16)19(29)25-18(15)27/h2-9H,10H2,1H3,(H,24,28)(H,25,29). The zero-order chi connectivity index (χ0) is 21.4. The van der Waals surface area contributed by atoms with Gasteiger partial charge in [0.15, 0.2) is 0 Å². The van der Waals surface area contributed by atoms with E-state index >= 15 is 0 Å². The summed E-state index contributed by atoms with van der Waals surface area (Å²) < 4.78 is 27.9. The van der Waals surface area contributed by atoms with Crippen LogP contribution in [0.3, 0.4) is 0 Å². The summed E-state index contributed by atoms with van der Waals surface area (Å²) in [6, 6.07) is 9.41. The maximum atomic E-state index is 13.3. The highest BCUT2D eigenvalue weighted by molar-refractivity contribution is 6.03. The van der Waals surface area contributed by atoms with Crippen LogP contribution in [0.2, 0.25) is 0 Å². The molecule has 0 aliphatic heterocycles. The number of fused-ring (bicyclic) bond motifs is 3. The van der Waals surface area contributed by atoms with Crippen molar-refractivity contribution in [3.8, 4) is 0 Å². The van der Waals surface area contributed by atoms with E-state index in [-0.39, 0.29) is 29.0 Å². The Morgan fingerprint density at radius 3 is 2.60 bits per heavy atom. The topological polar surface area (TPSA) is 99.6 Å². The number of para-hydroxylation sites is 1. The highest BCUT2D eigenvalue weighted by Gasteiger charge is 2.21. The Morgan fingerprint density at radius 2 is 1.87 bits per heavy atom. The summed E-state index contributed by atoms with van der Waals surface area (Å²) in [7, 11) is 1.39. The van der Waals surface area contributed by atoms with Crippen molar-refractivity contribution in [1.29, 1.82) is 0 Å². The van der Waals surface area contributed by atoms with Gasteiger partial charge in [-0.05, 0) is 24.3 Å². The third-order valence-corrected chi connectivity index (χ3v) is 4.48. The second kappa shape index (κ2) is 7.39. The van der Waals surface area contributed by atoms with Gasteiger partial charge in [-0.2, -0.15) is 5.10 Å². The Morgan fingerprint density at radius 1 is 1.17 bits per heavy atom. The van der Waals surface area contributed by atoms with Crippen LogP contribution < -0.4 is 10.9 Å². The van der Waals surface area contributed by atoms with E-state index in [2.05, 4.69) is 15.4 Å². The summed E-state index contributed by atoms with van der Waals surface area (Å²) in [6.45, 7) is -0.383. The van der Waals surface area contributed by atoms with E-state index in [1.165, 1.54) is 17.8 Å². The molecule has 0 unspecified atom stereocenters. The zero-order valence-electron chi connectivity index (χ0n) is 15.6. The van der Waals surface area contributed by atoms with Gasteiger partial charge in [0.25, 0.3) is 11.5 Å². The third-order valence-electron chi connectivity index (χ3n) is 4.48. The number of nitrogens with one attached hydrogen (secondary N) is 2. The van der Waals surface area contributed by atoms with Crippen LogP contribution in [0.5, 0.6) is 0 Å². The van der Waals surface area contributed by atoms with Gasteiger partial charge < -0.3 is 15.2 Å². The molecule has 10 heteroatoms. The highest BCUT2D eigenvalue weighted by Crippen LogP contribution is 2.16. The van der Waals surface area contributed by atoms with Crippen molar-refractivity contribution in [3.63, 3.8) is 0 Å². The molecule has 0 fully saturated rings. The van der Waals surface area contributed by atoms with Gasteiger partial charge >= 0.3 is 0 Å². The average molecular weight is 411 g/mol. The molecule has 0 aliphatic carbocycles. The molecule has 0 spiro atoms. The monoisotopic (exact) mass is 411 g/mol. The van der Waals surface area contributed by atoms with Crippen molar-refractivity contribution < 1.29 is 18.4 Å². The van der Waals surface area contributed by atoms with Gasteiger partial charge in [0.2, 0.25) is 5.91 Å². The number of benzene rings is 2. The first-order valence-electron chi connectivity index (χ1n) is 8.83. The van der Waals surface area contributed by atoms with Crippen LogP contribution in [0.1, 0.15) is 10.4 Å². The number of amides is 2. The average Bonchev–Trinajstić information content (AvgIpc) is 3.10. The predicted octanol–water partition coefficient (Wildman–Crippen LogP) is 2.16. The van der Waals surface area contributed by atoms with Crippen LogP contribution in [-0.2, 0) is 4.79 Å². The summed E-state index contributed by atoms with van der Waals surface area (Å²) in [4.78, 5) is 41.1. The second-order valence-electron chi connectivity index (χ2n) is 6.66.